The van der Waals surface area contributed by atoms with E-state index in [1.807, 2.05) is 40.1 Å². The van der Waals surface area contributed by atoms with Gasteiger partial charge in [-0.25, -0.2) is 0 Å². The Morgan fingerprint density at radius 3 is 2.55 bits per heavy atom. The van der Waals surface area contributed by atoms with E-state index in [-0.39, 0.29) is 55.1 Å². The molecule has 2 saturated heterocycles. The van der Waals surface area contributed by atoms with Crippen molar-refractivity contribution in [2.24, 2.45) is 5.92 Å². The van der Waals surface area contributed by atoms with Crippen LogP contribution in [0.15, 0.2) is 30.3 Å². The molecule has 2 aliphatic heterocycles. The molecule has 1 aromatic carbocycles. The molecule has 3 fully saturated rings. The van der Waals surface area contributed by atoms with Gasteiger partial charge in [-0.15, -0.1) is 0 Å². The molecule has 1 aliphatic carbocycles. The van der Waals surface area contributed by atoms with Crippen LogP contribution in [0.25, 0.3) is 0 Å². The van der Waals surface area contributed by atoms with Crippen LogP contribution >= 0.6 is 0 Å². The van der Waals surface area contributed by atoms with Gasteiger partial charge >= 0.3 is 0 Å². The average molecular weight is 402 g/mol. The Kier molecular flexibility index (Phi) is 6.18. The van der Waals surface area contributed by atoms with Crippen LogP contribution in [0, 0.1) is 5.92 Å². The number of piperazine rings is 1. The Morgan fingerprint density at radius 2 is 1.86 bits per heavy atom. The first-order valence-corrected chi connectivity index (χ1v) is 10.7. The van der Waals surface area contributed by atoms with Gasteiger partial charge in [0.1, 0.15) is 0 Å². The summed E-state index contributed by atoms with van der Waals surface area (Å²) in [6, 6.07) is 9.67. The topological polar surface area (TPSA) is 93.1 Å². The monoisotopic (exact) mass is 401 g/mol. The van der Waals surface area contributed by atoms with Gasteiger partial charge in [0.2, 0.25) is 11.8 Å². The van der Waals surface area contributed by atoms with Crippen LogP contribution in [-0.4, -0.2) is 76.3 Å². The van der Waals surface area contributed by atoms with Crippen LogP contribution in [0.4, 0.5) is 0 Å². The molecule has 3 aliphatic rings. The maximum Gasteiger partial charge on any atom is 0.237 e. The number of hydrogen-bond donors (Lipinski definition) is 3. The summed E-state index contributed by atoms with van der Waals surface area (Å²) in [6.45, 7) is 1.48. The van der Waals surface area contributed by atoms with Crippen molar-refractivity contribution in [3.05, 3.63) is 35.9 Å². The molecule has 2 amide bonds. The molecule has 7 heteroatoms. The van der Waals surface area contributed by atoms with Gasteiger partial charge in [-0.2, -0.15) is 0 Å². The molecular formula is C22H31N3O4. The molecule has 0 radical (unpaired) electrons. The first-order chi connectivity index (χ1) is 14.1. The number of fused-ring (bicyclic) bond motifs is 1. The van der Waals surface area contributed by atoms with Crippen molar-refractivity contribution >= 4 is 11.8 Å². The summed E-state index contributed by atoms with van der Waals surface area (Å²) in [6.07, 6.45) is 3.42. The van der Waals surface area contributed by atoms with Gasteiger partial charge < -0.3 is 20.4 Å². The van der Waals surface area contributed by atoms with Crippen LogP contribution in [0.1, 0.15) is 43.7 Å². The third-order valence-electron chi connectivity index (χ3n) is 6.65. The number of β-amino-alcohol motifs (C(OH)–C–C–N with tert-alkyl or cyclic N) is 1. The number of aliphatic hydroxyl groups excluding tert-OH is 2. The van der Waals surface area contributed by atoms with Gasteiger partial charge in [0.25, 0.3) is 0 Å². The van der Waals surface area contributed by atoms with E-state index in [2.05, 4.69) is 5.32 Å². The number of amides is 2. The fraction of sp³-hybridized carbons (Fsp3) is 0.636. The van der Waals surface area contributed by atoms with Crippen LogP contribution in [0.3, 0.4) is 0 Å². The van der Waals surface area contributed by atoms with Gasteiger partial charge in [0, 0.05) is 25.2 Å². The van der Waals surface area contributed by atoms with E-state index in [1.165, 1.54) is 0 Å². The molecule has 0 bridgehead atoms. The second kappa shape index (κ2) is 8.81. The Bertz CT molecular complexity index is 720. The molecule has 29 heavy (non-hydrogen) atoms. The highest BCUT2D eigenvalue weighted by Gasteiger charge is 2.50. The SMILES string of the molecule is O=C(NC1CCC(O)CC1)[C@@H]1C[C@@H]2CN(CCO)CC(=O)N2[C@@H]1c1ccccc1. The quantitative estimate of drug-likeness (QED) is 0.675. The number of nitrogens with one attached hydrogen (secondary N) is 1. The Balaban J connectivity index is 1.54. The molecule has 0 unspecified atom stereocenters. The van der Waals surface area contributed by atoms with Gasteiger partial charge in [-0.3, -0.25) is 14.5 Å². The van der Waals surface area contributed by atoms with E-state index in [4.69, 9.17) is 0 Å². The average Bonchev–Trinajstić information content (AvgIpc) is 3.11. The minimum Gasteiger partial charge on any atom is -0.395 e. The van der Waals surface area contributed by atoms with Crippen molar-refractivity contribution < 1.29 is 19.8 Å². The molecule has 2 heterocycles. The number of nitrogens with zero attached hydrogens (tertiary/aromatic N) is 2. The second-order valence-corrected chi connectivity index (χ2v) is 8.63. The van der Waals surface area contributed by atoms with E-state index < -0.39 is 0 Å². The second-order valence-electron chi connectivity index (χ2n) is 8.63. The zero-order valence-corrected chi connectivity index (χ0v) is 16.7. The van der Waals surface area contributed by atoms with E-state index >= 15 is 0 Å². The summed E-state index contributed by atoms with van der Waals surface area (Å²) >= 11 is 0. The Labute approximate surface area is 171 Å². The Morgan fingerprint density at radius 1 is 1.14 bits per heavy atom. The van der Waals surface area contributed by atoms with Crippen LogP contribution in [-0.2, 0) is 9.59 Å². The number of hydrogen-bond acceptors (Lipinski definition) is 5. The van der Waals surface area contributed by atoms with Gasteiger partial charge in [-0.1, -0.05) is 30.3 Å². The predicted octanol–water partition coefficient (Wildman–Crippen LogP) is 0.672. The lowest BCUT2D eigenvalue weighted by atomic mass is 9.89. The first kappa shape index (κ1) is 20.3. The highest BCUT2D eigenvalue weighted by atomic mass is 16.3. The fourth-order valence-corrected chi connectivity index (χ4v) is 5.25. The number of carbonyl (C=O) groups excluding carboxylic acids is 2. The van der Waals surface area contributed by atoms with E-state index in [0.29, 0.717) is 19.5 Å². The molecular weight excluding hydrogens is 370 g/mol. The molecule has 3 N–H and O–H groups in total. The predicted molar refractivity (Wildman–Crippen MR) is 108 cm³/mol. The summed E-state index contributed by atoms with van der Waals surface area (Å²) < 4.78 is 0. The lowest BCUT2D eigenvalue weighted by molar-refractivity contribution is -0.141. The molecule has 0 aromatic heterocycles. The molecule has 1 aromatic rings. The molecule has 7 nitrogen and oxygen atoms in total. The summed E-state index contributed by atoms with van der Waals surface area (Å²) in [5.41, 5.74) is 0.998. The maximum atomic E-state index is 13.3. The van der Waals surface area contributed by atoms with Gasteiger partial charge in [-0.05, 0) is 37.7 Å². The summed E-state index contributed by atoms with van der Waals surface area (Å²) in [7, 11) is 0. The molecule has 158 valence electrons. The van der Waals surface area contributed by atoms with Crippen molar-refractivity contribution in [2.45, 2.75) is 56.3 Å². The third kappa shape index (κ3) is 4.32. The van der Waals surface area contributed by atoms with Crippen molar-refractivity contribution in [3.63, 3.8) is 0 Å². The minimum absolute atomic E-state index is 0.0103. The van der Waals surface area contributed by atoms with Crippen LogP contribution < -0.4 is 5.32 Å². The number of aliphatic hydroxyl groups is 2. The van der Waals surface area contributed by atoms with E-state index in [0.717, 1.165) is 31.2 Å². The first-order valence-electron chi connectivity index (χ1n) is 10.7. The van der Waals surface area contributed by atoms with Crippen LogP contribution in [0.2, 0.25) is 0 Å². The number of rotatable bonds is 5. The van der Waals surface area contributed by atoms with E-state index in [9.17, 15) is 19.8 Å². The number of benzene rings is 1. The lowest BCUT2D eigenvalue weighted by Crippen LogP contribution is -2.54. The lowest BCUT2D eigenvalue weighted by Gasteiger charge is -2.40. The molecule has 4 rings (SSSR count). The van der Waals surface area contributed by atoms with Crippen LogP contribution in [0.5, 0.6) is 0 Å². The van der Waals surface area contributed by atoms with Crippen molar-refractivity contribution in [3.8, 4) is 0 Å². The molecule has 0 spiro atoms. The van der Waals surface area contributed by atoms with Crippen molar-refractivity contribution in [2.75, 3.05) is 26.2 Å². The van der Waals surface area contributed by atoms with Gasteiger partial charge in [0.15, 0.2) is 0 Å². The smallest absolute Gasteiger partial charge is 0.237 e. The molecule has 1 saturated carbocycles. The highest BCUT2D eigenvalue weighted by Crippen LogP contribution is 2.43. The van der Waals surface area contributed by atoms with Crippen molar-refractivity contribution in [1.29, 1.82) is 0 Å². The largest absolute Gasteiger partial charge is 0.395 e. The standard InChI is InChI=1S/C22H31N3O4/c26-11-10-24-13-17-12-19(22(29)23-16-6-8-18(27)9-7-16)21(25(17)20(28)14-24)15-4-2-1-3-5-15/h1-5,16-19,21,26-27H,6-14H2,(H,23,29)/t16?,17-,18?,19-,21-/m1/s1. The summed E-state index contributed by atoms with van der Waals surface area (Å²) in [5.74, 6) is -0.247. The highest BCUT2D eigenvalue weighted by molar-refractivity contribution is 5.85. The third-order valence-corrected chi connectivity index (χ3v) is 6.65. The molecule has 3 atom stereocenters. The Hall–Kier alpha value is -1.96. The van der Waals surface area contributed by atoms with Crippen molar-refractivity contribution in [1.82, 2.24) is 15.1 Å². The summed E-state index contributed by atoms with van der Waals surface area (Å²) in [4.78, 5) is 30.1. The minimum atomic E-state index is -0.285. The van der Waals surface area contributed by atoms with Gasteiger partial charge in [0.05, 0.1) is 31.2 Å². The zero-order valence-electron chi connectivity index (χ0n) is 16.7. The number of carbonyl (C=O) groups is 2. The zero-order chi connectivity index (χ0) is 20.4. The normalized spacial score (nSPS) is 32.8. The summed E-state index contributed by atoms with van der Waals surface area (Å²) in [5, 5.41) is 22.2. The fourth-order valence-electron chi connectivity index (χ4n) is 5.25. The van der Waals surface area contributed by atoms with E-state index in [1.54, 1.807) is 0 Å². The maximum absolute atomic E-state index is 13.3.